The van der Waals surface area contributed by atoms with E-state index in [0.29, 0.717) is 18.9 Å². The Hall–Kier alpha value is -2.31. The highest BCUT2D eigenvalue weighted by molar-refractivity contribution is 5.89. The molecule has 2 saturated heterocycles. The minimum atomic E-state index is -0.951. The van der Waals surface area contributed by atoms with Crippen molar-refractivity contribution in [2.45, 2.75) is 32.2 Å². The number of carboxylic acid groups (broad SMARTS) is 1. The van der Waals surface area contributed by atoms with Gasteiger partial charge in [-0.2, -0.15) is 0 Å². The highest BCUT2D eigenvalue weighted by atomic mass is 16.4. The van der Waals surface area contributed by atoms with E-state index in [1.165, 1.54) is 6.42 Å². The molecule has 2 fully saturated rings. The Bertz CT molecular complexity index is 607. The van der Waals surface area contributed by atoms with E-state index in [1.54, 1.807) is 24.0 Å². The molecule has 23 heavy (non-hydrogen) atoms. The predicted octanol–water partition coefficient (Wildman–Crippen LogP) is 1.41. The molecule has 7 nitrogen and oxygen atoms in total. The SMILES string of the molecule is CC(=O)N1CC(Nc2cc(C(=O)O)cc(N3CCCCC3)n2)C1. The molecule has 1 aromatic rings. The third kappa shape index (κ3) is 3.55. The van der Waals surface area contributed by atoms with Gasteiger partial charge >= 0.3 is 5.97 Å². The van der Waals surface area contributed by atoms with Crippen LogP contribution in [0.2, 0.25) is 0 Å². The van der Waals surface area contributed by atoms with Crippen molar-refractivity contribution in [3.8, 4) is 0 Å². The molecule has 1 amide bonds. The van der Waals surface area contributed by atoms with Gasteiger partial charge in [-0.3, -0.25) is 4.79 Å². The first-order valence-electron chi connectivity index (χ1n) is 8.05. The Morgan fingerprint density at radius 3 is 2.52 bits per heavy atom. The number of amides is 1. The van der Waals surface area contributed by atoms with Crippen LogP contribution in [0.5, 0.6) is 0 Å². The second-order valence-electron chi connectivity index (χ2n) is 6.22. The van der Waals surface area contributed by atoms with Crippen molar-refractivity contribution in [3.63, 3.8) is 0 Å². The number of aromatic nitrogens is 1. The first kappa shape index (κ1) is 15.6. The van der Waals surface area contributed by atoms with Gasteiger partial charge in [-0.15, -0.1) is 0 Å². The molecule has 0 unspecified atom stereocenters. The average molecular weight is 318 g/mol. The van der Waals surface area contributed by atoms with E-state index in [9.17, 15) is 14.7 Å². The lowest BCUT2D eigenvalue weighted by molar-refractivity contribution is -0.132. The van der Waals surface area contributed by atoms with Gasteiger partial charge in [-0.1, -0.05) is 0 Å². The normalized spacial score (nSPS) is 18.5. The number of hydrogen-bond acceptors (Lipinski definition) is 5. The second kappa shape index (κ2) is 6.44. The molecular weight excluding hydrogens is 296 g/mol. The first-order chi connectivity index (χ1) is 11.0. The zero-order valence-electron chi connectivity index (χ0n) is 13.3. The summed E-state index contributed by atoms with van der Waals surface area (Å²) in [6.45, 7) is 4.64. The highest BCUT2D eigenvalue weighted by Gasteiger charge is 2.29. The third-order valence-corrected chi connectivity index (χ3v) is 4.42. The predicted molar refractivity (Wildman–Crippen MR) is 86.9 cm³/mol. The Morgan fingerprint density at radius 2 is 1.91 bits per heavy atom. The summed E-state index contributed by atoms with van der Waals surface area (Å²) in [5, 5.41) is 12.6. The van der Waals surface area contributed by atoms with Crippen molar-refractivity contribution in [2.75, 3.05) is 36.4 Å². The Kier molecular flexibility index (Phi) is 4.36. The van der Waals surface area contributed by atoms with Gasteiger partial charge in [0, 0.05) is 33.1 Å². The number of likely N-dealkylation sites (tertiary alicyclic amines) is 1. The molecule has 2 aliphatic rings. The summed E-state index contributed by atoms with van der Waals surface area (Å²) >= 11 is 0. The van der Waals surface area contributed by atoms with Crippen molar-refractivity contribution in [1.29, 1.82) is 0 Å². The molecule has 0 bridgehead atoms. The summed E-state index contributed by atoms with van der Waals surface area (Å²) in [5.74, 6) is 0.394. The van der Waals surface area contributed by atoms with E-state index in [4.69, 9.17) is 0 Å². The molecule has 0 radical (unpaired) electrons. The lowest BCUT2D eigenvalue weighted by Crippen LogP contribution is -2.56. The van der Waals surface area contributed by atoms with Crippen LogP contribution >= 0.6 is 0 Å². The van der Waals surface area contributed by atoms with E-state index in [1.807, 2.05) is 0 Å². The van der Waals surface area contributed by atoms with Gasteiger partial charge in [0.1, 0.15) is 11.6 Å². The van der Waals surface area contributed by atoms with Crippen LogP contribution < -0.4 is 10.2 Å². The molecule has 0 spiro atoms. The summed E-state index contributed by atoms with van der Waals surface area (Å²) < 4.78 is 0. The summed E-state index contributed by atoms with van der Waals surface area (Å²) in [7, 11) is 0. The maximum atomic E-state index is 11.4. The van der Waals surface area contributed by atoms with E-state index in [2.05, 4.69) is 15.2 Å². The van der Waals surface area contributed by atoms with Crippen molar-refractivity contribution in [2.24, 2.45) is 0 Å². The van der Waals surface area contributed by atoms with Crippen LogP contribution in [0.15, 0.2) is 12.1 Å². The Labute approximate surface area is 135 Å². The lowest BCUT2D eigenvalue weighted by atomic mass is 10.1. The fraction of sp³-hybridized carbons (Fsp3) is 0.562. The van der Waals surface area contributed by atoms with E-state index < -0.39 is 5.97 Å². The number of carboxylic acids is 1. The van der Waals surface area contributed by atoms with Gasteiger partial charge in [0.05, 0.1) is 11.6 Å². The van der Waals surface area contributed by atoms with Crippen LogP contribution in [-0.4, -0.2) is 59.1 Å². The number of carbonyl (C=O) groups excluding carboxylic acids is 1. The molecule has 1 aromatic heterocycles. The fourth-order valence-corrected chi connectivity index (χ4v) is 3.03. The molecule has 2 aliphatic heterocycles. The Balaban J connectivity index is 1.75. The number of nitrogens with zero attached hydrogens (tertiary/aromatic N) is 3. The third-order valence-electron chi connectivity index (χ3n) is 4.42. The Morgan fingerprint density at radius 1 is 1.22 bits per heavy atom. The standard InChI is InChI=1S/C16H22N4O3/c1-11(21)20-9-13(10-20)17-14-7-12(16(22)23)8-15(18-14)19-5-3-2-4-6-19/h7-8,13H,2-6,9-10H2,1H3,(H,17,18)(H,22,23). The zero-order valence-corrected chi connectivity index (χ0v) is 13.3. The molecule has 3 heterocycles. The average Bonchev–Trinajstić information content (AvgIpc) is 2.50. The smallest absolute Gasteiger partial charge is 0.335 e. The second-order valence-corrected chi connectivity index (χ2v) is 6.22. The van der Waals surface area contributed by atoms with Crippen molar-refractivity contribution < 1.29 is 14.7 Å². The van der Waals surface area contributed by atoms with Gasteiger partial charge in [-0.05, 0) is 31.4 Å². The molecule has 0 saturated carbocycles. The number of pyridine rings is 1. The lowest BCUT2D eigenvalue weighted by Gasteiger charge is -2.39. The number of aromatic carboxylic acids is 1. The molecular formula is C16H22N4O3. The number of carbonyl (C=O) groups is 2. The van der Waals surface area contributed by atoms with Crippen LogP contribution in [0.1, 0.15) is 36.5 Å². The van der Waals surface area contributed by atoms with E-state index in [-0.39, 0.29) is 17.5 Å². The monoisotopic (exact) mass is 318 g/mol. The summed E-state index contributed by atoms with van der Waals surface area (Å²) in [4.78, 5) is 31.1. The minimum Gasteiger partial charge on any atom is -0.478 e. The quantitative estimate of drug-likeness (QED) is 0.873. The molecule has 0 aromatic carbocycles. The van der Waals surface area contributed by atoms with Crippen LogP contribution in [0.4, 0.5) is 11.6 Å². The van der Waals surface area contributed by atoms with E-state index in [0.717, 1.165) is 31.7 Å². The molecule has 3 rings (SSSR count). The van der Waals surface area contributed by atoms with Crippen molar-refractivity contribution in [3.05, 3.63) is 17.7 Å². The van der Waals surface area contributed by atoms with Crippen LogP contribution in [0.25, 0.3) is 0 Å². The number of rotatable bonds is 4. The molecule has 7 heteroatoms. The summed E-state index contributed by atoms with van der Waals surface area (Å²) in [5.41, 5.74) is 0.242. The van der Waals surface area contributed by atoms with Gasteiger partial charge in [-0.25, -0.2) is 9.78 Å². The number of piperidine rings is 1. The topological polar surface area (TPSA) is 85.8 Å². The first-order valence-corrected chi connectivity index (χ1v) is 8.05. The molecule has 2 N–H and O–H groups in total. The number of anilines is 2. The van der Waals surface area contributed by atoms with Crippen LogP contribution in [0, 0.1) is 0 Å². The van der Waals surface area contributed by atoms with E-state index >= 15 is 0 Å². The largest absolute Gasteiger partial charge is 0.478 e. The zero-order chi connectivity index (χ0) is 16.4. The molecule has 0 aliphatic carbocycles. The number of hydrogen-bond donors (Lipinski definition) is 2. The maximum absolute atomic E-state index is 11.4. The van der Waals surface area contributed by atoms with Crippen LogP contribution in [-0.2, 0) is 4.79 Å². The van der Waals surface area contributed by atoms with Crippen LogP contribution in [0.3, 0.4) is 0 Å². The fourth-order valence-electron chi connectivity index (χ4n) is 3.03. The van der Waals surface area contributed by atoms with Crippen molar-refractivity contribution in [1.82, 2.24) is 9.88 Å². The van der Waals surface area contributed by atoms with Gasteiger partial charge in [0.15, 0.2) is 0 Å². The van der Waals surface area contributed by atoms with Gasteiger partial charge in [0.25, 0.3) is 0 Å². The molecule has 124 valence electrons. The summed E-state index contributed by atoms with van der Waals surface area (Å²) in [6, 6.07) is 3.33. The summed E-state index contributed by atoms with van der Waals surface area (Å²) in [6.07, 6.45) is 3.43. The molecule has 0 atom stereocenters. The van der Waals surface area contributed by atoms with Gasteiger partial charge in [0.2, 0.25) is 5.91 Å². The number of nitrogens with one attached hydrogen (secondary N) is 1. The highest BCUT2D eigenvalue weighted by Crippen LogP contribution is 2.23. The minimum absolute atomic E-state index is 0.0595. The van der Waals surface area contributed by atoms with Crippen molar-refractivity contribution >= 4 is 23.5 Å². The van der Waals surface area contributed by atoms with Gasteiger partial charge < -0.3 is 20.2 Å². The maximum Gasteiger partial charge on any atom is 0.335 e.